The molecule has 0 saturated carbocycles. The van der Waals surface area contributed by atoms with Crippen LogP contribution in [-0.2, 0) is 15.9 Å². The lowest BCUT2D eigenvalue weighted by Crippen LogP contribution is -2.41. The molecule has 0 amide bonds. The van der Waals surface area contributed by atoms with Crippen molar-refractivity contribution in [3.05, 3.63) is 35.7 Å². The zero-order valence-electron chi connectivity index (χ0n) is 15.8. The maximum atomic E-state index is 14.8. The highest BCUT2D eigenvalue weighted by atomic mass is 19.3. The van der Waals surface area contributed by atoms with Gasteiger partial charge >= 0.3 is 7.12 Å². The summed E-state index contributed by atoms with van der Waals surface area (Å²) in [6.07, 6.45) is -1.31. The van der Waals surface area contributed by atoms with Crippen molar-refractivity contribution in [2.45, 2.75) is 58.8 Å². The second-order valence-corrected chi connectivity index (χ2v) is 7.66. The molecule has 27 heavy (non-hydrogen) atoms. The van der Waals surface area contributed by atoms with E-state index in [9.17, 15) is 17.6 Å². The second kappa shape index (κ2) is 6.63. The fourth-order valence-electron chi connectivity index (χ4n) is 2.94. The van der Waals surface area contributed by atoms with E-state index in [4.69, 9.17) is 9.31 Å². The van der Waals surface area contributed by atoms with Gasteiger partial charge in [0.15, 0.2) is 11.6 Å². The number of nitrogens with zero attached hydrogens (tertiary/aromatic N) is 2. The van der Waals surface area contributed by atoms with E-state index in [1.165, 1.54) is 18.3 Å². The smallest absolute Gasteiger partial charge is 0.399 e. The van der Waals surface area contributed by atoms with Gasteiger partial charge in [0.05, 0.1) is 16.9 Å². The van der Waals surface area contributed by atoms with Gasteiger partial charge in [0.1, 0.15) is 6.54 Å². The molecular formula is C18H21BF4N2O2. The van der Waals surface area contributed by atoms with E-state index < -0.39 is 42.9 Å². The third-order valence-corrected chi connectivity index (χ3v) is 5.18. The lowest BCUT2D eigenvalue weighted by atomic mass is 9.78. The number of halogens is 4. The number of aromatic nitrogens is 2. The predicted molar refractivity (Wildman–Crippen MR) is 94.0 cm³/mol. The maximum Gasteiger partial charge on any atom is 0.497 e. The van der Waals surface area contributed by atoms with Crippen LogP contribution >= 0.6 is 0 Å². The first-order chi connectivity index (χ1) is 12.4. The quantitative estimate of drug-likeness (QED) is 0.596. The molecule has 1 aliphatic rings. The van der Waals surface area contributed by atoms with Crippen LogP contribution in [0.3, 0.4) is 0 Å². The molecule has 0 spiro atoms. The summed E-state index contributed by atoms with van der Waals surface area (Å²) >= 11 is 0. The number of hydrogen-bond donors (Lipinski definition) is 0. The number of hydrogen-bond acceptors (Lipinski definition) is 3. The average molecular weight is 384 g/mol. The minimum absolute atomic E-state index is 0.0486. The standard InChI is InChI=1S/C18H21BF4N2O2/c1-10-12(8-25(24-10)9-14(20)21)11-6-7-13(16(23)15(11)22)19-26-17(2,3)18(4,5)27-19/h6-8,14H,9H2,1-5H3. The van der Waals surface area contributed by atoms with Crippen molar-refractivity contribution in [3.63, 3.8) is 0 Å². The van der Waals surface area contributed by atoms with E-state index in [0.29, 0.717) is 5.69 Å². The lowest BCUT2D eigenvalue weighted by Gasteiger charge is -2.32. The Morgan fingerprint density at radius 3 is 2.19 bits per heavy atom. The molecule has 2 heterocycles. The van der Waals surface area contributed by atoms with Gasteiger partial charge in [-0.25, -0.2) is 17.6 Å². The zero-order valence-corrected chi connectivity index (χ0v) is 15.8. The second-order valence-electron chi connectivity index (χ2n) is 7.66. The summed E-state index contributed by atoms with van der Waals surface area (Å²) in [5.41, 5.74) is -0.887. The van der Waals surface area contributed by atoms with Gasteiger partial charge in [-0.15, -0.1) is 0 Å². The van der Waals surface area contributed by atoms with E-state index in [1.54, 1.807) is 6.92 Å². The molecule has 0 N–H and O–H groups in total. The van der Waals surface area contributed by atoms with Crippen LogP contribution in [0.5, 0.6) is 0 Å². The van der Waals surface area contributed by atoms with Crippen LogP contribution in [0, 0.1) is 18.6 Å². The fraction of sp³-hybridized carbons (Fsp3) is 0.500. The Labute approximate surface area is 155 Å². The molecule has 1 aliphatic heterocycles. The molecule has 9 heteroatoms. The summed E-state index contributed by atoms with van der Waals surface area (Å²) in [6, 6.07) is 2.77. The Balaban J connectivity index is 1.96. The van der Waals surface area contributed by atoms with Gasteiger partial charge < -0.3 is 9.31 Å². The van der Waals surface area contributed by atoms with Gasteiger partial charge in [-0.3, -0.25) is 4.68 Å². The van der Waals surface area contributed by atoms with Gasteiger partial charge in [-0.1, -0.05) is 12.1 Å². The monoisotopic (exact) mass is 384 g/mol. The van der Waals surface area contributed by atoms with Crippen LogP contribution in [0.15, 0.2) is 18.3 Å². The van der Waals surface area contributed by atoms with E-state index >= 15 is 0 Å². The molecule has 1 saturated heterocycles. The molecule has 2 aromatic rings. The first-order valence-corrected chi connectivity index (χ1v) is 8.59. The Morgan fingerprint density at radius 2 is 1.63 bits per heavy atom. The Morgan fingerprint density at radius 1 is 1.04 bits per heavy atom. The maximum absolute atomic E-state index is 14.8. The van der Waals surface area contributed by atoms with Gasteiger partial charge in [-0.2, -0.15) is 5.10 Å². The first kappa shape index (κ1) is 19.9. The third-order valence-electron chi connectivity index (χ3n) is 5.18. The van der Waals surface area contributed by atoms with Crippen molar-refractivity contribution in [3.8, 4) is 11.1 Å². The Hall–Kier alpha value is -1.87. The summed E-state index contributed by atoms with van der Waals surface area (Å²) in [5, 5.41) is 3.93. The molecule has 3 rings (SSSR count). The van der Waals surface area contributed by atoms with Gasteiger partial charge in [0.25, 0.3) is 6.43 Å². The van der Waals surface area contributed by atoms with E-state index in [0.717, 1.165) is 4.68 Å². The molecule has 4 nitrogen and oxygen atoms in total. The molecule has 0 bridgehead atoms. The number of alkyl halides is 2. The van der Waals surface area contributed by atoms with Crippen molar-refractivity contribution >= 4 is 12.6 Å². The number of aryl methyl sites for hydroxylation is 1. The normalized spacial score (nSPS) is 18.5. The average Bonchev–Trinajstić information content (AvgIpc) is 2.97. The van der Waals surface area contributed by atoms with Crippen molar-refractivity contribution in [2.75, 3.05) is 0 Å². The highest BCUT2D eigenvalue weighted by molar-refractivity contribution is 6.62. The predicted octanol–water partition coefficient (Wildman–Crippen LogP) is 3.70. The first-order valence-electron chi connectivity index (χ1n) is 8.59. The Kier molecular flexibility index (Phi) is 4.88. The van der Waals surface area contributed by atoms with Gasteiger partial charge in [0, 0.05) is 22.8 Å². The molecule has 1 aromatic carbocycles. The van der Waals surface area contributed by atoms with Crippen molar-refractivity contribution in [1.29, 1.82) is 0 Å². The van der Waals surface area contributed by atoms with Gasteiger partial charge in [-0.05, 0) is 34.6 Å². The van der Waals surface area contributed by atoms with Crippen molar-refractivity contribution < 1.29 is 26.9 Å². The summed E-state index contributed by atoms with van der Waals surface area (Å²) in [7, 11) is -1.04. The molecule has 0 aliphatic carbocycles. The molecule has 146 valence electrons. The molecular weight excluding hydrogens is 363 g/mol. The lowest BCUT2D eigenvalue weighted by molar-refractivity contribution is 0.00578. The van der Waals surface area contributed by atoms with E-state index in [-0.39, 0.29) is 16.6 Å². The third kappa shape index (κ3) is 3.50. The minimum Gasteiger partial charge on any atom is -0.399 e. The van der Waals surface area contributed by atoms with Crippen LogP contribution in [0.4, 0.5) is 17.6 Å². The summed E-state index contributed by atoms with van der Waals surface area (Å²) in [4.78, 5) is 0. The Bertz CT molecular complexity index is 851. The summed E-state index contributed by atoms with van der Waals surface area (Å²) in [6.45, 7) is 8.20. The van der Waals surface area contributed by atoms with Crippen LogP contribution in [0.1, 0.15) is 33.4 Å². The van der Waals surface area contributed by atoms with Crippen LogP contribution in [0.2, 0.25) is 0 Å². The molecule has 1 aromatic heterocycles. The molecule has 0 radical (unpaired) electrons. The minimum atomic E-state index is -2.59. The summed E-state index contributed by atoms with van der Waals surface area (Å²) < 4.78 is 67.2. The van der Waals surface area contributed by atoms with Crippen molar-refractivity contribution in [2.24, 2.45) is 0 Å². The zero-order chi connectivity index (χ0) is 20.1. The largest absolute Gasteiger partial charge is 0.497 e. The van der Waals surface area contributed by atoms with Gasteiger partial charge in [0.2, 0.25) is 0 Å². The highest BCUT2D eigenvalue weighted by Gasteiger charge is 2.52. The van der Waals surface area contributed by atoms with E-state index in [1.807, 2.05) is 27.7 Å². The summed E-state index contributed by atoms with van der Waals surface area (Å²) in [5.74, 6) is -2.19. The van der Waals surface area contributed by atoms with Crippen molar-refractivity contribution in [1.82, 2.24) is 9.78 Å². The SMILES string of the molecule is Cc1nn(CC(F)F)cc1-c1ccc(B2OC(C)(C)C(C)(C)O2)c(F)c1F. The van der Waals surface area contributed by atoms with Crippen LogP contribution in [0.25, 0.3) is 11.1 Å². The van der Waals surface area contributed by atoms with Crippen LogP contribution < -0.4 is 5.46 Å². The van der Waals surface area contributed by atoms with Crippen LogP contribution in [-0.4, -0.2) is 34.5 Å². The molecule has 1 fully saturated rings. The topological polar surface area (TPSA) is 36.3 Å². The highest BCUT2D eigenvalue weighted by Crippen LogP contribution is 2.37. The molecule has 0 atom stereocenters. The van der Waals surface area contributed by atoms with E-state index in [2.05, 4.69) is 5.10 Å². The number of rotatable bonds is 4. The number of benzene rings is 1. The molecule has 0 unspecified atom stereocenters. The fourth-order valence-corrected chi connectivity index (χ4v) is 2.94.